The number of hydrogen-bond acceptors (Lipinski definition) is 6. The lowest BCUT2D eigenvalue weighted by Crippen LogP contribution is -2.38. The number of benzene rings is 3. The molecular weight excluding hydrogens is 452 g/mol. The predicted molar refractivity (Wildman–Crippen MR) is 145 cm³/mol. The number of aromatic hydroxyl groups is 1. The molecule has 6 heteroatoms. The average molecular weight is 489 g/mol. The lowest BCUT2D eigenvalue weighted by molar-refractivity contribution is 0.128. The molecule has 6 nitrogen and oxygen atoms in total. The molecule has 0 fully saturated rings. The van der Waals surface area contributed by atoms with Gasteiger partial charge in [0.25, 0.3) is 0 Å². The molecule has 0 radical (unpaired) electrons. The number of rotatable bonds is 10. The molecule has 1 N–H and O–H groups in total. The van der Waals surface area contributed by atoms with E-state index in [0.717, 1.165) is 59.0 Å². The lowest BCUT2D eigenvalue weighted by atomic mass is 9.88. The average Bonchev–Trinajstić information content (AvgIpc) is 3.31. The third-order valence-electron chi connectivity index (χ3n) is 6.12. The van der Waals surface area contributed by atoms with Crippen LogP contribution < -0.4 is 14.2 Å². The van der Waals surface area contributed by atoms with Gasteiger partial charge in [-0.05, 0) is 98.8 Å². The number of ether oxygens (including phenoxy) is 3. The molecule has 0 spiro atoms. The lowest BCUT2D eigenvalue weighted by Gasteiger charge is -2.25. The van der Waals surface area contributed by atoms with Crippen molar-refractivity contribution in [3.05, 3.63) is 83.4 Å². The van der Waals surface area contributed by atoms with E-state index in [0.29, 0.717) is 0 Å². The molecule has 1 heterocycles. The standard InChI is InChI=1S/C30H36N2O4/c1-6-27(23-11-16-28-29(17-23)35-20-34-28)30(21-7-12-24(33)13-8-21)22-9-14-25(15-10-22)36-26(18-31(2)3)19-32(4)5/h7-17,26,33H,6,18-20H2,1-5H3. The fourth-order valence-electron chi connectivity index (χ4n) is 4.59. The smallest absolute Gasteiger partial charge is 0.231 e. The Labute approximate surface area is 214 Å². The third-order valence-corrected chi connectivity index (χ3v) is 6.12. The molecule has 3 aromatic carbocycles. The van der Waals surface area contributed by atoms with Gasteiger partial charge in [0, 0.05) is 13.1 Å². The SMILES string of the molecule is CCC(=C(c1ccc(O)cc1)c1ccc(OC(CN(C)C)CN(C)C)cc1)c1ccc2c(c1)OCO2. The molecule has 0 aromatic heterocycles. The fraction of sp³-hybridized carbons (Fsp3) is 0.333. The van der Waals surface area contributed by atoms with Gasteiger partial charge in [0.1, 0.15) is 17.6 Å². The van der Waals surface area contributed by atoms with Crippen molar-refractivity contribution in [3.8, 4) is 23.0 Å². The van der Waals surface area contributed by atoms with Crippen LogP contribution in [0.25, 0.3) is 11.1 Å². The molecule has 0 saturated carbocycles. The van der Waals surface area contributed by atoms with E-state index in [9.17, 15) is 5.11 Å². The number of phenolic OH excluding ortho intramolecular Hbond substituents is 1. The third kappa shape index (κ3) is 6.20. The molecule has 0 aliphatic carbocycles. The number of allylic oxidation sites excluding steroid dienone is 1. The maximum Gasteiger partial charge on any atom is 0.231 e. The summed E-state index contributed by atoms with van der Waals surface area (Å²) in [5.41, 5.74) is 5.50. The highest BCUT2D eigenvalue weighted by atomic mass is 16.7. The Hall–Kier alpha value is -3.48. The first-order valence-corrected chi connectivity index (χ1v) is 12.3. The second kappa shape index (κ2) is 11.5. The van der Waals surface area contributed by atoms with Crippen molar-refractivity contribution in [3.63, 3.8) is 0 Å². The molecule has 0 amide bonds. The molecule has 0 saturated heterocycles. The Morgan fingerprint density at radius 3 is 1.94 bits per heavy atom. The van der Waals surface area contributed by atoms with Crippen LogP contribution in [0.1, 0.15) is 30.0 Å². The zero-order valence-corrected chi connectivity index (χ0v) is 21.8. The van der Waals surface area contributed by atoms with Crippen molar-refractivity contribution in [2.24, 2.45) is 0 Å². The first-order valence-electron chi connectivity index (χ1n) is 12.3. The van der Waals surface area contributed by atoms with Crippen LogP contribution in [0, 0.1) is 0 Å². The van der Waals surface area contributed by atoms with Crippen molar-refractivity contribution in [2.75, 3.05) is 48.1 Å². The van der Waals surface area contributed by atoms with Crippen LogP contribution in [-0.2, 0) is 0 Å². The first kappa shape index (κ1) is 25.6. The van der Waals surface area contributed by atoms with E-state index in [2.05, 4.69) is 63.1 Å². The minimum absolute atomic E-state index is 0.0628. The molecule has 0 atom stereocenters. The highest BCUT2D eigenvalue weighted by Crippen LogP contribution is 2.40. The van der Waals surface area contributed by atoms with Crippen molar-refractivity contribution in [2.45, 2.75) is 19.4 Å². The van der Waals surface area contributed by atoms with Crippen molar-refractivity contribution < 1.29 is 19.3 Å². The Morgan fingerprint density at radius 2 is 1.36 bits per heavy atom. The van der Waals surface area contributed by atoms with Crippen LogP contribution in [0.4, 0.5) is 0 Å². The largest absolute Gasteiger partial charge is 0.508 e. The van der Waals surface area contributed by atoms with Gasteiger partial charge >= 0.3 is 0 Å². The zero-order valence-electron chi connectivity index (χ0n) is 21.8. The minimum atomic E-state index is 0.0628. The summed E-state index contributed by atoms with van der Waals surface area (Å²) in [6.07, 6.45) is 0.884. The molecular formula is C30H36N2O4. The van der Waals surface area contributed by atoms with Crippen LogP contribution >= 0.6 is 0 Å². The van der Waals surface area contributed by atoms with Crippen LogP contribution in [-0.4, -0.2) is 69.1 Å². The first-order chi connectivity index (χ1) is 17.3. The highest BCUT2D eigenvalue weighted by Gasteiger charge is 2.19. The van der Waals surface area contributed by atoms with Gasteiger partial charge in [0.15, 0.2) is 11.5 Å². The maximum absolute atomic E-state index is 9.90. The van der Waals surface area contributed by atoms with E-state index >= 15 is 0 Å². The Bertz CT molecular complexity index is 1170. The van der Waals surface area contributed by atoms with Crippen LogP contribution in [0.2, 0.25) is 0 Å². The summed E-state index contributed by atoms with van der Waals surface area (Å²) in [4.78, 5) is 4.29. The predicted octanol–water partition coefficient (Wildman–Crippen LogP) is 5.36. The van der Waals surface area contributed by atoms with E-state index in [1.807, 2.05) is 36.4 Å². The fourth-order valence-corrected chi connectivity index (χ4v) is 4.59. The number of fused-ring (bicyclic) bond motifs is 1. The molecule has 0 bridgehead atoms. The van der Waals surface area contributed by atoms with Crippen LogP contribution in [0.3, 0.4) is 0 Å². The highest BCUT2D eigenvalue weighted by molar-refractivity contribution is 5.99. The van der Waals surface area contributed by atoms with E-state index < -0.39 is 0 Å². The quantitative estimate of drug-likeness (QED) is 0.388. The van der Waals surface area contributed by atoms with Gasteiger partial charge < -0.3 is 29.1 Å². The Balaban J connectivity index is 1.73. The summed E-state index contributed by atoms with van der Waals surface area (Å²) in [5, 5.41) is 9.90. The summed E-state index contributed by atoms with van der Waals surface area (Å²) in [6, 6.07) is 21.8. The summed E-state index contributed by atoms with van der Waals surface area (Å²) in [7, 11) is 8.25. The summed E-state index contributed by atoms with van der Waals surface area (Å²) in [6.45, 7) is 4.08. The molecule has 4 rings (SSSR count). The topological polar surface area (TPSA) is 54.4 Å². The Kier molecular flexibility index (Phi) is 8.18. The maximum atomic E-state index is 9.90. The summed E-state index contributed by atoms with van der Waals surface area (Å²) in [5.74, 6) is 2.63. The van der Waals surface area contributed by atoms with Gasteiger partial charge in [-0.15, -0.1) is 0 Å². The van der Waals surface area contributed by atoms with Gasteiger partial charge in [-0.3, -0.25) is 0 Å². The van der Waals surface area contributed by atoms with E-state index in [1.165, 1.54) is 5.57 Å². The van der Waals surface area contributed by atoms with Gasteiger partial charge in [0.2, 0.25) is 6.79 Å². The normalized spacial score (nSPS) is 13.4. The van der Waals surface area contributed by atoms with Crippen molar-refractivity contribution in [1.29, 1.82) is 0 Å². The zero-order chi connectivity index (χ0) is 25.7. The molecule has 190 valence electrons. The van der Waals surface area contributed by atoms with Gasteiger partial charge in [-0.2, -0.15) is 0 Å². The number of likely N-dealkylation sites (N-methyl/N-ethyl adjacent to an activating group) is 2. The van der Waals surface area contributed by atoms with Crippen LogP contribution in [0.5, 0.6) is 23.0 Å². The molecule has 1 aliphatic heterocycles. The summed E-state index contributed by atoms with van der Waals surface area (Å²) < 4.78 is 17.5. The second-order valence-corrected chi connectivity index (χ2v) is 9.61. The molecule has 3 aromatic rings. The number of hydrogen-bond donors (Lipinski definition) is 1. The second-order valence-electron chi connectivity index (χ2n) is 9.61. The van der Waals surface area contributed by atoms with Gasteiger partial charge in [-0.1, -0.05) is 37.3 Å². The monoisotopic (exact) mass is 488 g/mol. The minimum Gasteiger partial charge on any atom is -0.508 e. The van der Waals surface area contributed by atoms with Crippen molar-refractivity contribution >= 4 is 11.1 Å². The Morgan fingerprint density at radius 1 is 0.806 bits per heavy atom. The van der Waals surface area contributed by atoms with Gasteiger partial charge in [-0.25, -0.2) is 0 Å². The van der Waals surface area contributed by atoms with E-state index in [1.54, 1.807) is 12.1 Å². The van der Waals surface area contributed by atoms with E-state index in [4.69, 9.17) is 14.2 Å². The number of phenols is 1. The van der Waals surface area contributed by atoms with Crippen LogP contribution in [0.15, 0.2) is 66.7 Å². The summed E-state index contributed by atoms with van der Waals surface area (Å²) >= 11 is 0. The number of nitrogens with zero attached hydrogens (tertiary/aromatic N) is 2. The van der Waals surface area contributed by atoms with Gasteiger partial charge in [0.05, 0.1) is 0 Å². The molecule has 36 heavy (non-hydrogen) atoms. The molecule has 1 aliphatic rings. The van der Waals surface area contributed by atoms with E-state index in [-0.39, 0.29) is 18.6 Å². The van der Waals surface area contributed by atoms with Crippen molar-refractivity contribution in [1.82, 2.24) is 9.80 Å². The molecule has 0 unspecified atom stereocenters.